The summed E-state index contributed by atoms with van der Waals surface area (Å²) in [4.78, 5) is 24.2. The second-order valence-corrected chi connectivity index (χ2v) is 5.41. The fraction of sp³-hybridized carbons (Fsp3) is 0.846. The maximum absolute atomic E-state index is 12.0. The van der Waals surface area contributed by atoms with E-state index in [0.29, 0.717) is 19.1 Å². The van der Waals surface area contributed by atoms with Gasteiger partial charge in [-0.3, -0.25) is 4.79 Å². The van der Waals surface area contributed by atoms with Crippen LogP contribution in [0.4, 0.5) is 4.79 Å². The van der Waals surface area contributed by atoms with Gasteiger partial charge in [0, 0.05) is 19.2 Å². The molecule has 2 amide bonds. The van der Waals surface area contributed by atoms with Crippen molar-refractivity contribution in [1.82, 2.24) is 10.2 Å². The SMILES string of the molecule is CCOC1CC(NC(=O)N(CC(=O)O)CC2CC2)C1. The Morgan fingerprint density at radius 2 is 2.05 bits per heavy atom. The van der Waals surface area contributed by atoms with Crippen LogP contribution < -0.4 is 5.32 Å². The highest BCUT2D eigenvalue weighted by Crippen LogP contribution is 2.30. The Morgan fingerprint density at radius 3 is 2.58 bits per heavy atom. The fourth-order valence-corrected chi connectivity index (χ4v) is 2.32. The van der Waals surface area contributed by atoms with E-state index in [9.17, 15) is 9.59 Å². The first kappa shape index (κ1) is 14.1. The molecule has 0 bridgehead atoms. The molecule has 0 aromatic heterocycles. The Bertz CT molecular complexity index is 338. The van der Waals surface area contributed by atoms with Gasteiger partial charge < -0.3 is 20.1 Å². The van der Waals surface area contributed by atoms with E-state index in [2.05, 4.69) is 5.32 Å². The van der Waals surface area contributed by atoms with Crippen molar-refractivity contribution in [3.63, 3.8) is 0 Å². The smallest absolute Gasteiger partial charge is 0.323 e. The number of nitrogens with one attached hydrogen (secondary N) is 1. The Morgan fingerprint density at radius 1 is 1.37 bits per heavy atom. The molecule has 0 aromatic rings. The number of amides is 2. The van der Waals surface area contributed by atoms with E-state index in [-0.39, 0.29) is 24.7 Å². The lowest BCUT2D eigenvalue weighted by Gasteiger charge is -2.36. The highest BCUT2D eigenvalue weighted by atomic mass is 16.5. The van der Waals surface area contributed by atoms with Gasteiger partial charge in [0.15, 0.2) is 0 Å². The normalized spacial score (nSPS) is 25.5. The van der Waals surface area contributed by atoms with Gasteiger partial charge in [0.2, 0.25) is 0 Å². The number of hydrogen-bond acceptors (Lipinski definition) is 3. The standard InChI is InChI=1S/C13H22N2O4/c1-2-19-11-5-10(6-11)14-13(18)15(8-12(16)17)7-9-3-4-9/h9-11H,2-8H2,1H3,(H,14,18)(H,16,17). The maximum atomic E-state index is 12.0. The summed E-state index contributed by atoms with van der Waals surface area (Å²) in [6.45, 7) is 2.98. The zero-order chi connectivity index (χ0) is 13.8. The van der Waals surface area contributed by atoms with E-state index >= 15 is 0 Å². The van der Waals surface area contributed by atoms with Crippen LogP contribution in [-0.4, -0.2) is 53.8 Å². The minimum Gasteiger partial charge on any atom is -0.480 e. The number of aliphatic carboxylic acids is 1. The molecule has 0 aliphatic heterocycles. The van der Waals surface area contributed by atoms with E-state index in [1.807, 2.05) is 6.92 Å². The van der Waals surface area contributed by atoms with Crippen LogP contribution >= 0.6 is 0 Å². The van der Waals surface area contributed by atoms with Crippen LogP contribution in [0.2, 0.25) is 0 Å². The van der Waals surface area contributed by atoms with E-state index in [4.69, 9.17) is 9.84 Å². The Hall–Kier alpha value is -1.30. The van der Waals surface area contributed by atoms with E-state index in [0.717, 1.165) is 25.7 Å². The van der Waals surface area contributed by atoms with Crippen molar-refractivity contribution in [1.29, 1.82) is 0 Å². The minimum absolute atomic E-state index is 0.125. The molecule has 6 nitrogen and oxygen atoms in total. The van der Waals surface area contributed by atoms with Gasteiger partial charge in [0.05, 0.1) is 6.10 Å². The predicted octanol–water partition coefficient (Wildman–Crippen LogP) is 1.06. The first-order valence-corrected chi connectivity index (χ1v) is 6.97. The quantitative estimate of drug-likeness (QED) is 0.725. The van der Waals surface area contributed by atoms with Crippen molar-refractivity contribution in [2.45, 2.75) is 44.8 Å². The van der Waals surface area contributed by atoms with Gasteiger partial charge in [-0.05, 0) is 38.5 Å². The van der Waals surface area contributed by atoms with Crippen LogP contribution in [0, 0.1) is 5.92 Å². The summed E-state index contributed by atoms with van der Waals surface area (Å²) in [7, 11) is 0. The van der Waals surface area contributed by atoms with E-state index < -0.39 is 5.97 Å². The topological polar surface area (TPSA) is 78.9 Å². The van der Waals surface area contributed by atoms with Gasteiger partial charge in [-0.15, -0.1) is 0 Å². The summed E-state index contributed by atoms with van der Waals surface area (Å²) in [5.41, 5.74) is 0. The van der Waals surface area contributed by atoms with Crippen molar-refractivity contribution >= 4 is 12.0 Å². The molecule has 0 saturated heterocycles. The average Bonchev–Trinajstić information content (AvgIpc) is 3.08. The summed E-state index contributed by atoms with van der Waals surface area (Å²) < 4.78 is 5.43. The molecule has 0 unspecified atom stereocenters. The van der Waals surface area contributed by atoms with Crippen LogP contribution in [0.3, 0.4) is 0 Å². The maximum Gasteiger partial charge on any atom is 0.323 e. The molecule has 2 aliphatic rings. The lowest BCUT2D eigenvalue weighted by atomic mass is 9.89. The van der Waals surface area contributed by atoms with E-state index in [1.54, 1.807) is 0 Å². The number of rotatable bonds is 7. The second kappa shape index (κ2) is 6.23. The number of carboxylic acid groups (broad SMARTS) is 1. The Kier molecular flexibility index (Phi) is 4.63. The van der Waals surface area contributed by atoms with Crippen molar-refractivity contribution in [2.75, 3.05) is 19.7 Å². The molecule has 19 heavy (non-hydrogen) atoms. The van der Waals surface area contributed by atoms with Gasteiger partial charge in [-0.2, -0.15) is 0 Å². The Labute approximate surface area is 113 Å². The van der Waals surface area contributed by atoms with Gasteiger partial charge in [-0.1, -0.05) is 0 Å². The summed E-state index contributed by atoms with van der Waals surface area (Å²) in [6.07, 6.45) is 4.08. The van der Waals surface area contributed by atoms with Crippen molar-refractivity contribution in [2.24, 2.45) is 5.92 Å². The van der Waals surface area contributed by atoms with E-state index in [1.165, 1.54) is 4.90 Å². The lowest BCUT2D eigenvalue weighted by Crippen LogP contribution is -2.53. The van der Waals surface area contributed by atoms with Crippen LogP contribution in [0.1, 0.15) is 32.6 Å². The van der Waals surface area contributed by atoms with Crippen molar-refractivity contribution < 1.29 is 19.4 Å². The number of urea groups is 1. The highest BCUT2D eigenvalue weighted by Gasteiger charge is 2.33. The minimum atomic E-state index is -0.961. The molecule has 6 heteroatoms. The predicted molar refractivity (Wildman–Crippen MR) is 68.9 cm³/mol. The monoisotopic (exact) mass is 270 g/mol. The number of carbonyl (C=O) groups is 2. The summed E-state index contributed by atoms with van der Waals surface area (Å²) in [5, 5.41) is 11.7. The number of ether oxygens (including phenoxy) is 1. The largest absolute Gasteiger partial charge is 0.480 e. The lowest BCUT2D eigenvalue weighted by molar-refractivity contribution is -0.137. The molecule has 2 rings (SSSR count). The molecule has 0 atom stereocenters. The van der Waals surface area contributed by atoms with Gasteiger partial charge in [0.1, 0.15) is 6.54 Å². The molecule has 2 saturated carbocycles. The first-order chi connectivity index (χ1) is 9.08. The van der Waals surface area contributed by atoms with Crippen LogP contribution in [-0.2, 0) is 9.53 Å². The molecule has 0 heterocycles. The molecule has 2 N–H and O–H groups in total. The molecule has 0 spiro atoms. The second-order valence-electron chi connectivity index (χ2n) is 5.41. The van der Waals surface area contributed by atoms with Gasteiger partial charge in [0.25, 0.3) is 0 Å². The van der Waals surface area contributed by atoms with Crippen LogP contribution in [0.25, 0.3) is 0 Å². The average molecular weight is 270 g/mol. The zero-order valence-electron chi connectivity index (χ0n) is 11.3. The number of nitrogens with zero attached hydrogens (tertiary/aromatic N) is 1. The van der Waals surface area contributed by atoms with Gasteiger partial charge in [-0.25, -0.2) is 4.79 Å². The summed E-state index contributed by atoms with van der Waals surface area (Å²) in [5.74, 6) is -0.473. The summed E-state index contributed by atoms with van der Waals surface area (Å²) >= 11 is 0. The third-order valence-corrected chi connectivity index (χ3v) is 3.61. The highest BCUT2D eigenvalue weighted by molar-refractivity contribution is 5.80. The molecular weight excluding hydrogens is 248 g/mol. The number of carboxylic acids is 1. The number of carbonyl (C=O) groups excluding carboxylic acids is 1. The molecule has 2 aliphatic carbocycles. The molecular formula is C13H22N2O4. The molecule has 2 fully saturated rings. The van der Waals surface area contributed by atoms with Crippen molar-refractivity contribution in [3.8, 4) is 0 Å². The Balaban J connectivity index is 1.74. The molecule has 0 aromatic carbocycles. The third-order valence-electron chi connectivity index (χ3n) is 3.61. The first-order valence-electron chi connectivity index (χ1n) is 6.97. The summed E-state index contributed by atoms with van der Waals surface area (Å²) in [6, 6.07) is -0.131. The van der Waals surface area contributed by atoms with Gasteiger partial charge >= 0.3 is 12.0 Å². The van der Waals surface area contributed by atoms with Crippen LogP contribution in [0.5, 0.6) is 0 Å². The van der Waals surface area contributed by atoms with Crippen LogP contribution in [0.15, 0.2) is 0 Å². The molecule has 0 radical (unpaired) electrons. The third kappa shape index (κ3) is 4.38. The fourth-order valence-electron chi connectivity index (χ4n) is 2.32. The number of hydrogen-bond donors (Lipinski definition) is 2. The van der Waals surface area contributed by atoms with Crippen molar-refractivity contribution in [3.05, 3.63) is 0 Å². The zero-order valence-corrected chi connectivity index (χ0v) is 11.3. The molecule has 108 valence electrons.